The van der Waals surface area contributed by atoms with E-state index in [0.29, 0.717) is 11.8 Å². The normalized spacial score (nSPS) is 12.0. The number of hydrogen-bond donors (Lipinski definition) is 0. The summed E-state index contributed by atoms with van der Waals surface area (Å²) >= 11 is -1.72. The Morgan fingerprint density at radius 1 is 0.681 bits per heavy atom. The number of aromatic nitrogens is 2. The monoisotopic (exact) mass is 855 g/mol. The molecule has 3 aromatic heterocycles. The molecule has 4 aromatic carbocycles. The molecule has 1 atom stereocenters. The van der Waals surface area contributed by atoms with Crippen molar-refractivity contribution in [3.05, 3.63) is 139 Å². The molecule has 0 amide bonds. The van der Waals surface area contributed by atoms with Crippen LogP contribution >= 0.6 is 0 Å². The van der Waals surface area contributed by atoms with Gasteiger partial charge in [0.1, 0.15) is 5.58 Å². The van der Waals surface area contributed by atoms with Crippen LogP contribution in [0, 0.1) is 18.1 Å². The molecule has 7 rings (SSSR count). The van der Waals surface area contributed by atoms with E-state index in [1.165, 1.54) is 15.5 Å². The van der Waals surface area contributed by atoms with Crippen molar-refractivity contribution in [2.75, 3.05) is 0 Å². The Balaban J connectivity index is 0.000000217. The Morgan fingerprint density at radius 2 is 1.47 bits per heavy atom. The summed E-state index contributed by atoms with van der Waals surface area (Å²) in [6.45, 7) is 6.77. The first kappa shape index (κ1) is 34.5. The second kappa shape index (κ2) is 14.9. The maximum Gasteiger partial charge on any atom is 0 e. The summed E-state index contributed by atoms with van der Waals surface area (Å²) in [5, 5.41) is 2.22. The van der Waals surface area contributed by atoms with Crippen LogP contribution in [-0.4, -0.2) is 23.2 Å². The molecule has 3 nitrogen and oxygen atoms in total. The number of hydrogen-bond acceptors (Lipinski definition) is 3. The van der Waals surface area contributed by atoms with E-state index in [1.807, 2.05) is 48.8 Å². The smallest absolute Gasteiger partial charge is 0 e. The van der Waals surface area contributed by atoms with Crippen molar-refractivity contribution in [3.8, 4) is 33.6 Å². The Hall–Kier alpha value is -3.83. The van der Waals surface area contributed by atoms with Gasteiger partial charge in [0.15, 0.2) is 0 Å². The van der Waals surface area contributed by atoms with Gasteiger partial charge < -0.3 is 9.40 Å². The van der Waals surface area contributed by atoms with E-state index in [9.17, 15) is 0 Å². The van der Waals surface area contributed by atoms with Gasteiger partial charge in [-0.1, -0.05) is 85.8 Å². The third-order valence-corrected chi connectivity index (χ3v) is 13.0. The number of fused-ring (bicyclic) bond motifs is 3. The minimum absolute atomic E-state index is 0. The quantitative estimate of drug-likeness (QED) is 0.124. The zero-order chi connectivity index (χ0) is 32.3. The number of benzene rings is 4. The van der Waals surface area contributed by atoms with Gasteiger partial charge in [0.2, 0.25) is 0 Å². The maximum absolute atomic E-state index is 6.38. The molecule has 0 spiro atoms. The summed E-state index contributed by atoms with van der Waals surface area (Å²) in [7, 11) is 0. The second-order valence-corrected chi connectivity index (χ2v) is 23.9. The fraction of sp³-hybridized carbons (Fsp3) is 0.190. The molecule has 7 aromatic rings. The van der Waals surface area contributed by atoms with Gasteiger partial charge >= 0.3 is 99.8 Å². The topological polar surface area (TPSA) is 38.9 Å². The van der Waals surface area contributed by atoms with Gasteiger partial charge in [0.05, 0.1) is 5.58 Å². The summed E-state index contributed by atoms with van der Waals surface area (Å²) in [6.07, 6.45) is 3.93. The van der Waals surface area contributed by atoms with E-state index in [0.717, 1.165) is 50.0 Å². The maximum atomic E-state index is 6.38. The van der Waals surface area contributed by atoms with Crippen LogP contribution in [0.4, 0.5) is 0 Å². The molecule has 0 N–H and O–H groups in total. The average Bonchev–Trinajstić information content (AvgIpc) is 3.47. The molecule has 0 bridgehead atoms. The van der Waals surface area contributed by atoms with Gasteiger partial charge in [-0.2, -0.15) is 0 Å². The minimum atomic E-state index is -1.72. The first-order chi connectivity index (χ1) is 22.2. The molecule has 0 saturated carbocycles. The molecule has 0 saturated heterocycles. The van der Waals surface area contributed by atoms with Crippen LogP contribution in [0.25, 0.3) is 55.6 Å². The average molecular weight is 854 g/mol. The fourth-order valence-electron chi connectivity index (χ4n) is 5.54. The molecule has 1 unspecified atom stereocenters. The molecule has 0 fully saturated rings. The minimum Gasteiger partial charge on any atom is 0 e. The van der Waals surface area contributed by atoms with Crippen molar-refractivity contribution in [2.45, 2.75) is 44.0 Å². The summed E-state index contributed by atoms with van der Waals surface area (Å²) in [4.78, 5) is 9.18. The van der Waals surface area contributed by atoms with E-state index in [2.05, 4.69) is 133 Å². The van der Waals surface area contributed by atoms with Crippen LogP contribution in [0.2, 0.25) is 17.3 Å². The van der Waals surface area contributed by atoms with E-state index in [4.69, 9.17) is 4.42 Å². The Morgan fingerprint density at radius 3 is 2.15 bits per heavy atom. The van der Waals surface area contributed by atoms with E-state index in [-0.39, 0.29) is 20.1 Å². The number of furan rings is 1. The molecule has 3 heterocycles. The van der Waals surface area contributed by atoms with Gasteiger partial charge in [-0.15, -0.1) is 18.2 Å². The third kappa shape index (κ3) is 7.84. The Labute approximate surface area is 295 Å². The molecule has 1 radical (unpaired) electrons. The van der Waals surface area contributed by atoms with Crippen molar-refractivity contribution in [2.24, 2.45) is 5.92 Å². The first-order valence-corrected chi connectivity index (χ1v) is 23.4. The first-order valence-electron chi connectivity index (χ1n) is 16.0. The van der Waals surface area contributed by atoms with Gasteiger partial charge in [0.25, 0.3) is 0 Å². The van der Waals surface area contributed by atoms with E-state index in [1.54, 1.807) is 0 Å². The summed E-state index contributed by atoms with van der Waals surface area (Å²) in [5.74, 6) is 8.18. The largest absolute Gasteiger partial charge is 0 e. The molecule has 47 heavy (non-hydrogen) atoms. The van der Waals surface area contributed by atoms with Crippen molar-refractivity contribution < 1.29 is 24.5 Å². The zero-order valence-corrected chi connectivity index (χ0v) is 32.3. The zero-order valence-electron chi connectivity index (χ0n) is 27.8. The van der Waals surface area contributed by atoms with E-state index >= 15 is 0 Å². The van der Waals surface area contributed by atoms with Crippen molar-refractivity contribution in [1.82, 2.24) is 9.97 Å². The van der Waals surface area contributed by atoms with Crippen molar-refractivity contribution >= 4 is 39.6 Å². The molecule has 0 aliphatic heterocycles. The molecule has 239 valence electrons. The molecule has 0 aliphatic carbocycles. The standard InChI is InChI=1S/C28H24NO.C14H16GeN.Ir/c1-18(2)19(3)21-14-15-29-26(16-21)25-11-7-10-24-23-13-12-22(17-27(23)30-28(24)25)20-8-5-4-6-9-20;1-15(2,3)13-9-10-14(16-11-13)12-7-5-4-6-8-12;/h4-10,12-19H,1-3H3;4-7,9-11H,1-3H3;/q2*-1;. The summed E-state index contributed by atoms with van der Waals surface area (Å²) in [6, 6.07) is 44.0. The van der Waals surface area contributed by atoms with Gasteiger partial charge in [0, 0.05) is 31.7 Å². The van der Waals surface area contributed by atoms with Gasteiger partial charge in [-0.3, -0.25) is 0 Å². The van der Waals surface area contributed by atoms with Gasteiger partial charge in [-0.05, 0) is 40.8 Å². The molecular formula is C42H40GeIrN2O-2. The van der Waals surface area contributed by atoms with Crippen LogP contribution in [-0.2, 0) is 20.1 Å². The Kier molecular flexibility index (Phi) is 11.0. The second-order valence-electron chi connectivity index (χ2n) is 13.2. The van der Waals surface area contributed by atoms with Crippen LogP contribution in [0.3, 0.4) is 0 Å². The van der Waals surface area contributed by atoms with Crippen LogP contribution < -0.4 is 4.40 Å². The number of pyridine rings is 2. The fourth-order valence-corrected chi connectivity index (χ4v) is 7.72. The molecular weight excluding hydrogens is 813 g/mol. The number of nitrogens with zero attached hydrogens (tertiary/aromatic N) is 2. The van der Waals surface area contributed by atoms with Crippen LogP contribution in [0.15, 0.2) is 126 Å². The van der Waals surface area contributed by atoms with Crippen molar-refractivity contribution in [3.63, 3.8) is 0 Å². The predicted octanol–water partition coefficient (Wildman–Crippen LogP) is 11.0. The Bertz CT molecular complexity index is 2060. The summed E-state index contributed by atoms with van der Waals surface area (Å²) in [5.41, 5.74) is 9.27. The van der Waals surface area contributed by atoms with E-state index < -0.39 is 13.3 Å². The van der Waals surface area contributed by atoms with Crippen molar-refractivity contribution in [1.29, 1.82) is 0 Å². The van der Waals surface area contributed by atoms with Crippen LogP contribution in [0.1, 0.15) is 32.3 Å². The van der Waals surface area contributed by atoms with Gasteiger partial charge in [-0.25, -0.2) is 0 Å². The van der Waals surface area contributed by atoms with Crippen LogP contribution in [0.5, 0.6) is 0 Å². The number of rotatable bonds is 6. The molecule has 5 heteroatoms. The SMILES string of the molecule is CC(C)C(C)c1ccnc(-c2[c-]ccc3c2oc2cc(-c4ccccc4)ccc23)c1.[CH3][Ge]([CH3])([CH3])[c]1ccc(-c2[c-]cccc2)nc1.[Ir]. The summed E-state index contributed by atoms with van der Waals surface area (Å²) < 4.78 is 7.82. The third-order valence-electron chi connectivity index (χ3n) is 8.72. The predicted molar refractivity (Wildman–Crippen MR) is 196 cm³/mol. The molecule has 0 aliphatic rings.